The fourth-order valence-corrected chi connectivity index (χ4v) is 2.87. The van der Waals surface area contributed by atoms with Gasteiger partial charge in [0.05, 0.1) is 0 Å². The summed E-state index contributed by atoms with van der Waals surface area (Å²) in [4.78, 5) is 12.7. The molecule has 0 saturated carbocycles. The highest BCUT2D eigenvalue weighted by Gasteiger charge is 2.16. The first-order chi connectivity index (χ1) is 9.56. The van der Waals surface area contributed by atoms with Gasteiger partial charge >= 0.3 is 0 Å². The third-order valence-electron chi connectivity index (χ3n) is 3.06. The SMILES string of the molecule is NCc1cc(Br)ccc1C(=O)c1ccc(Br)cc1CN. The van der Waals surface area contributed by atoms with Gasteiger partial charge in [-0.15, -0.1) is 0 Å². The number of carbonyl (C=O) groups is 1. The molecule has 2 rings (SSSR count). The first-order valence-corrected chi connectivity index (χ1v) is 7.67. The van der Waals surface area contributed by atoms with Gasteiger partial charge in [0.2, 0.25) is 0 Å². The molecule has 2 aromatic carbocycles. The van der Waals surface area contributed by atoms with Crippen LogP contribution in [0.2, 0.25) is 0 Å². The Labute approximate surface area is 134 Å². The van der Waals surface area contributed by atoms with Crippen molar-refractivity contribution in [2.75, 3.05) is 0 Å². The Kier molecular flexibility index (Phi) is 5.10. The Bertz CT molecular complexity index is 601. The number of rotatable bonds is 4. The van der Waals surface area contributed by atoms with Gasteiger partial charge in [0.15, 0.2) is 5.78 Å². The van der Waals surface area contributed by atoms with Gasteiger partial charge in [0, 0.05) is 33.2 Å². The van der Waals surface area contributed by atoms with E-state index in [1.165, 1.54) is 0 Å². The predicted octanol–water partition coefficient (Wildman–Crippen LogP) is 3.36. The number of hydrogen-bond donors (Lipinski definition) is 2. The van der Waals surface area contributed by atoms with E-state index in [0.29, 0.717) is 24.2 Å². The third kappa shape index (κ3) is 3.17. The van der Waals surface area contributed by atoms with Crippen LogP contribution in [0, 0.1) is 0 Å². The first-order valence-electron chi connectivity index (χ1n) is 6.08. The molecular weight excluding hydrogens is 384 g/mol. The minimum absolute atomic E-state index is 0.0501. The number of hydrogen-bond acceptors (Lipinski definition) is 3. The summed E-state index contributed by atoms with van der Waals surface area (Å²) in [5.41, 5.74) is 14.3. The lowest BCUT2D eigenvalue weighted by Crippen LogP contribution is -2.12. The van der Waals surface area contributed by atoms with E-state index in [1.54, 1.807) is 12.1 Å². The highest BCUT2D eigenvalue weighted by atomic mass is 79.9. The van der Waals surface area contributed by atoms with Gasteiger partial charge in [-0.05, 0) is 47.5 Å². The Morgan fingerprint density at radius 2 is 1.25 bits per heavy atom. The molecule has 3 nitrogen and oxygen atoms in total. The monoisotopic (exact) mass is 396 g/mol. The minimum Gasteiger partial charge on any atom is -0.326 e. The van der Waals surface area contributed by atoms with Gasteiger partial charge in [0.25, 0.3) is 0 Å². The molecule has 0 spiro atoms. The van der Waals surface area contributed by atoms with Crippen LogP contribution >= 0.6 is 31.9 Å². The van der Waals surface area contributed by atoms with Crippen molar-refractivity contribution in [2.45, 2.75) is 13.1 Å². The van der Waals surface area contributed by atoms with Crippen molar-refractivity contribution >= 4 is 37.6 Å². The molecule has 0 fully saturated rings. The Hall–Kier alpha value is -1.01. The van der Waals surface area contributed by atoms with E-state index in [2.05, 4.69) is 31.9 Å². The van der Waals surface area contributed by atoms with Crippen LogP contribution < -0.4 is 11.5 Å². The molecule has 0 heterocycles. The second kappa shape index (κ2) is 6.63. The molecular formula is C15H14Br2N2O. The van der Waals surface area contributed by atoms with Gasteiger partial charge in [0.1, 0.15) is 0 Å². The van der Waals surface area contributed by atoms with Crippen molar-refractivity contribution in [3.8, 4) is 0 Å². The summed E-state index contributed by atoms with van der Waals surface area (Å²) in [6.07, 6.45) is 0. The molecule has 0 atom stereocenters. The normalized spacial score (nSPS) is 10.6. The molecule has 20 heavy (non-hydrogen) atoms. The smallest absolute Gasteiger partial charge is 0.193 e. The van der Waals surface area contributed by atoms with Crippen molar-refractivity contribution < 1.29 is 4.79 Å². The van der Waals surface area contributed by atoms with E-state index in [4.69, 9.17) is 11.5 Å². The van der Waals surface area contributed by atoms with Crippen LogP contribution in [0.3, 0.4) is 0 Å². The van der Waals surface area contributed by atoms with Gasteiger partial charge in [-0.1, -0.05) is 31.9 Å². The van der Waals surface area contributed by atoms with Crippen molar-refractivity contribution in [3.05, 3.63) is 67.6 Å². The Morgan fingerprint density at radius 1 is 0.850 bits per heavy atom. The maximum Gasteiger partial charge on any atom is 0.193 e. The number of halogens is 2. The molecule has 5 heteroatoms. The molecule has 4 N–H and O–H groups in total. The zero-order valence-corrected chi connectivity index (χ0v) is 13.9. The lowest BCUT2D eigenvalue weighted by Gasteiger charge is -2.11. The highest BCUT2D eigenvalue weighted by Crippen LogP contribution is 2.23. The number of benzene rings is 2. The summed E-state index contributed by atoms with van der Waals surface area (Å²) in [6.45, 7) is 0.629. The first kappa shape index (κ1) is 15.4. The molecule has 0 aliphatic carbocycles. The van der Waals surface area contributed by atoms with E-state index >= 15 is 0 Å². The van der Waals surface area contributed by atoms with Gasteiger partial charge in [-0.3, -0.25) is 4.79 Å². The summed E-state index contributed by atoms with van der Waals surface area (Å²) in [5.74, 6) is -0.0501. The maximum absolute atomic E-state index is 12.7. The van der Waals surface area contributed by atoms with Crippen LogP contribution in [0.5, 0.6) is 0 Å². The van der Waals surface area contributed by atoms with Crippen LogP contribution in [0.1, 0.15) is 27.0 Å². The van der Waals surface area contributed by atoms with Crippen LogP contribution in [0.4, 0.5) is 0 Å². The van der Waals surface area contributed by atoms with E-state index in [9.17, 15) is 4.79 Å². The molecule has 0 bridgehead atoms. The summed E-state index contributed by atoms with van der Waals surface area (Å²) in [7, 11) is 0. The molecule has 0 radical (unpaired) electrons. The largest absolute Gasteiger partial charge is 0.326 e. The summed E-state index contributed by atoms with van der Waals surface area (Å²) in [5, 5.41) is 0. The van der Waals surface area contributed by atoms with E-state index in [0.717, 1.165) is 20.1 Å². The van der Waals surface area contributed by atoms with Crippen LogP contribution in [0.25, 0.3) is 0 Å². The van der Waals surface area contributed by atoms with Crippen LogP contribution in [0.15, 0.2) is 45.3 Å². The topological polar surface area (TPSA) is 69.1 Å². The summed E-state index contributed by atoms with van der Waals surface area (Å²) >= 11 is 6.77. The van der Waals surface area contributed by atoms with E-state index < -0.39 is 0 Å². The summed E-state index contributed by atoms with van der Waals surface area (Å²) in [6, 6.07) is 11.0. The lowest BCUT2D eigenvalue weighted by molar-refractivity contribution is 0.103. The van der Waals surface area contributed by atoms with Gasteiger partial charge in [-0.25, -0.2) is 0 Å². The third-order valence-corrected chi connectivity index (χ3v) is 4.05. The molecule has 2 aromatic rings. The minimum atomic E-state index is -0.0501. The van der Waals surface area contributed by atoms with Gasteiger partial charge < -0.3 is 11.5 Å². The zero-order valence-electron chi connectivity index (χ0n) is 10.7. The fraction of sp³-hybridized carbons (Fsp3) is 0.133. The highest BCUT2D eigenvalue weighted by molar-refractivity contribution is 9.10. The van der Waals surface area contributed by atoms with Crippen molar-refractivity contribution in [2.24, 2.45) is 11.5 Å². The maximum atomic E-state index is 12.7. The molecule has 0 aliphatic heterocycles. The molecule has 0 saturated heterocycles. The van der Waals surface area contributed by atoms with Crippen LogP contribution in [-0.2, 0) is 13.1 Å². The average molecular weight is 398 g/mol. The van der Waals surface area contributed by atoms with E-state index in [1.807, 2.05) is 24.3 Å². The zero-order chi connectivity index (χ0) is 14.7. The van der Waals surface area contributed by atoms with Crippen molar-refractivity contribution in [3.63, 3.8) is 0 Å². The molecule has 104 valence electrons. The second-order valence-corrected chi connectivity index (χ2v) is 6.17. The fourth-order valence-electron chi connectivity index (χ4n) is 2.05. The Morgan fingerprint density at radius 3 is 1.60 bits per heavy atom. The predicted molar refractivity (Wildman–Crippen MR) is 87.5 cm³/mol. The van der Waals surface area contributed by atoms with E-state index in [-0.39, 0.29) is 5.78 Å². The second-order valence-electron chi connectivity index (χ2n) is 4.34. The van der Waals surface area contributed by atoms with Gasteiger partial charge in [-0.2, -0.15) is 0 Å². The average Bonchev–Trinajstić information content (AvgIpc) is 2.46. The summed E-state index contributed by atoms with van der Waals surface area (Å²) < 4.78 is 1.81. The molecule has 0 amide bonds. The van der Waals surface area contributed by atoms with Crippen molar-refractivity contribution in [1.82, 2.24) is 0 Å². The Balaban J connectivity index is 2.51. The number of carbonyl (C=O) groups excluding carboxylic acids is 1. The lowest BCUT2D eigenvalue weighted by atomic mass is 9.95. The number of ketones is 1. The van der Waals surface area contributed by atoms with Crippen molar-refractivity contribution in [1.29, 1.82) is 0 Å². The molecule has 0 aliphatic rings. The van der Waals surface area contributed by atoms with Crippen LogP contribution in [-0.4, -0.2) is 5.78 Å². The standard InChI is InChI=1S/C15H14Br2N2O/c16-11-1-3-13(9(5-11)7-18)15(20)14-4-2-12(17)6-10(14)8-19/h1-6H,7-8,18-19H2. The molecule has 0 aromatic heterocycles. The number of nitrogens with two attached hydrogens (primary N) is 2. The quantitative estimate of drug-likeness (QED) is 0.777. The molecule has 0 unspecified atom stereocenters.